The van der Waals surface area contributed by atoms with Crippen LogP contribution in [0.3, 0.4) is 0 Å². The van der Waals surface area contributed by atoms with Crippen molar-refractivity contribution in [1.29, 1.82) is 0 Å². The smallest absolute Gasteiger partial charge is 0.151 e. The van der Waals surface area contributed by atoms with Gasteiger partial charge >= 0.3 is 0 Å². The number of aromatic nitrogens is 3. The molecule has 0 radical (unpaired) electrons. The number of pyridine rings is 3. The third-order valence-electron chi connectivity index (χ3n) is 3.77. The molecule has 0 spiro atoms. The van der Waals surface area contributed by atoms with Crippen LogP contribution in [-0.4, -0.2) is 28.3 Å². The monoisotopic (exact) mass is 381 g/mol. The molecule has 0 saturated heterocycles. The second-order valence-corrected chi connectivity index (χ2v) is 8.77. The van der Waals surface area contributed by atoms with E-state index in [1.807, 2.05) is 13.0 Å². The number of hydrogen-bond acceptors (Lipinski definition) is 3. The van der Waals surface area contributed by atoms with E-state index in [-0.39, 0.29) is 18.6 Å². The van der Waals surface area contributed by atoms with Gasteiger partial charge < -0.3 is 0 Å². The van der Waals surface area contributed by atoms with E-state index in [0.29, 0.717) is 27.3 Å². The van der Waals surface area contributed by atoms with Crippen molar-refractivity contribution in [3.05, 3.63) is 45.4 Å². The van der Waals surface area contributed by atoms with Crippen LogP contribution in [0.1, 0.15) is 11.3 Å². The molecular weight excluding hydrogens is 367 g/mol. The van der Waals surface area contributed by atoms with Crippen molar-refractivity contribution in [2.24, 2.45) is 0 Å². The van der Waals surface area contributed by atoms with Crippen molar-refractivity contribution >= 4 is 47.6 Å². The van der Waals surface area contributed by atoms with Gasteiger partial charge in [0.25, 0.3) is 0 Å². The Balaban J connectivity index is 2.25. The fourth-order valence-electron chi connectivity index (χ4n) is 2.44. The fourth-order valence-corrected chi connectivity index (χ4v) is 3.59. The van der Waals surface area contributed by atoms with Gasteiger partial charge in [0, 0.05) is 17.8 Å². The highest BCUT2D eigenvalue weighted by atomic mass is 35.5. The summed E-state index contributed by atoms with van der Waals surface area (Å²) in [5, 5.41) is 0.621. The second-order valence-electron chi connectivity index (χ2n) is 5.76. The Morgan fingerprint density at radius 3 is 2.38 bits per heavy atom. The number of fused-ring (bicyclic) bond motifs is 1. The van der Waals surface area contributed by atoms with E-state index in [1.54, 1.807) is 13.1 Å². The highest BCUT2D eigenvalue weighted by Crippen LogP contribution is 2.34. The molecule has 0 unspecified atom stereocenters. The summed E-state index contributed by atoms with van der Waals surface area (Å²) in [6, 6.07) is 3.32. The molecule has 0 N–H and O–H groups in total. The molecule has 0 bridgehead atoms. The van der Waals surface area contributed by atoms with E-state index < -0.39 is 5.82 Å². The second kappa shape index (κ2) is 6.51. The van der Waals surface area contributed by atoms with Crippen molar-refractivity contribution in [3.63, 3.8) is 0 Å². The average Bonchev–Trinajstić information content (AvgIpc) is 2.52. The quantitative estimate of drug-likeness (QED) is 0.578. The zero-order valence-electron chi connectivity index (χ0n) is 13.7. The first-order valence-corrected chi connectivity index (χ1v) is 10.2. The molecule has 0 amide bonds. The van der Waals surface area contributed by atoms with Gasteiger partial charge in [-0.1, -0.05) is 31.1 Å². The maximum Gasteiger partial charge on any atom is 0.151 e. The maximum atomic E-state index is 14.6. The van der Waals surface area contributed by atoms with E-state index in [2.05, 4.69) is 28.3 Å². The van der Waals surface area contributed by atoms with Crippen LogP contribution in [0.4, 0.5) is 4.39 Å². The number of hydrogen-bond donors (Lipinski definition) is 0. The third kappa shape index (κ3) is 2.99. The molecule has 0 aliphatic rings. The molecule has 3 heterocycles. The van der Waals surface area contributed by atoms with Crippen LogP contribution >= 0.6 is 31.1 Å². The molecule has 0 aliphatic heterocycles. The lowest BCUT2D eigenvalue weighted by molar-refractivity contribution is 0.627. The summed E-state index contributed by atoms with van der Waals surface area (Å²) < 4.78 is 14.6. The van der Waals surface area contributed by atoms with E-state index in [0.717, 1.165) is 11.0 Å². The summed E-state index contributed by atoms with van der Waals surface area (Å²) >= 11 is 12.4. The van der Waals surface area contributed by atoms with E-state index >= 15 is 0 Å². The van der Waals surface area contributed by atoms with Gasteiger partial charge in [-0.2, -0.15) is 0 Å². The van der Waals surface area contributed by atoms with Crippen molar-refractivity contribution in [3.8, 4) is 11.3 Å². The summed E-state index contributed by atoms with van der Waals surface area (Å²) in [5.74, 6) is -0.458. The normalized spacial score (nSPS) is 11.5. The van der Waals surface area contributed by atoms with E-state index in [4.69, 9.17) is 23.2 Å². The Morgan fingerprint density at radius 1 is 1.04 bits per heavy atom. The predicted molar refractivity (Wildman–Crippen MR) is 101 cm³/mol. The van der Waals surface area contributed by atoms with Gasteiger partial charge in [0.1, 0.15) is 11.2 Å². The molecule has 3 aromatic rings. The van der Waals surface area contributed by atoms with Crippen molar-refractivity contribution < 1.29 is 4.39 Å². The Bertz CT molecular complexity index is 960. The summed E-state index contributed by atoms with van der Waals surface area (Å²) in [5.41, 5.74) is 4.11. The van der Waals surface area contributed by atoms with Gasteiger partial charge in [0.2, 0.25) is 0 Å². The van der Waals surface area contributed by atoms with Gasteiger partial charge in [-0.3, -0.25) is 4.98 Å². The molecule has 0 fully saturated rings. The Morgan fingerprint density at radius 2 is 1.75 bits per heavy atom. The molecule has 124 valence electrons. The van der Waals surface area contributed by atoms with Gasteiger partial charge in [0.05, 0.1) is 26.7 Å². The maximum absolute atomic E-state index is 14.6. The Labute approximate surface area is 151 Å². The summed E-state index contributed by atoms with van der Waals surface area (Å²) in [4.78, 5) is 13.1. The predicted octanol–water partition coefficient (Wildman–Crippen LogP) is 5.12. The Kier molecular flexibility index (Phi) is 4.74. The lowest BCUT2D eigenvalue weighted by Gasteiger charge is -2.12. The highest BCUT2D eigenvalue weighted by molar-refractivity contribution is 7.63. The Hall–Kier alpha value is -1.35. The minimum absolute atomic E-state index is 0.208. The van der Waals surface area contributed by atoms with Gasteiger partial charge in [-0.15, -0.1) is 0 Å². The summed E-state index contributed by atoms with van der Waals surface area (Å²) in [6.45, 7) is 7.90. The van der Waals surface area contributed by atoms with Crippen LogP contribution in [0.15, 0.2) is 18.3 Å². The van der Waals surface area contributed by atoms with Crippen LogP contribution in [0.2, 0.25) is 10.0 Å². The lowest BCUT2D eigenvalue weighted by atomic mass is 10.1. The van der Waals surface area contributed by atoms with Crippen LogP contribution in [-0.2, 0) is 0 Å². The molecule has 3 nitrogen and oxygen atoms in total. The highest BCUT2D eigenvalue weighted by Gasteiger charge is 2.17. The topological polar surface area (TPSA) is 38.7 Å². The van der Waals surface area contributed by atoms with Crippen molar-refractivity contribution in [1.82, 2.24) is 15.0 Å². The average molecular weight is 382 g/mol. The van der Waals surface area contributed by atoms with Crippen molar-refractivity contribution in [2.45, 2.75) is 13.8 Å². The summed E-state index contributed by atoms with van der Waals surface area (Å²) in [6.07, 6.45) is 1.67. The van der Waals surface area contributed by atoms with Gasteiger partial charge in [-0.05, 0) is 38.8 Å². The number of rotatable bonds is 2. The fraction of sp³-hybridized carbons (Fsp3) is 0.235. The zero-order valence-corrected chi connectivity index (χ0v) is 16.1. The molecule has 3 aromatic heterocycles. The minimum Gasteiger partial charge on any atom is -0.256 e. The molecule has 0 aromatic carbocycles. The molecule has 24 heavy (non-hydrogen) atoms. The van der Waals surface area contributed by atoms with Crippen LogP contribution in [0, 0.1) is 19.7 Å². The van der Waals surface area contributed by atoms with Gasteiger partial charge in [0.15, 0.2) is 5.82 Å². The van der Waals surface area contributed by atoms with Crippen LogP contribution < -0.4 is 5.44 Å². The number of aryl methyl sites for hydroxylation is 2. The zero-order chi connectivity index (χ0) is 17.6. The first-order chi connectivity index (χ1) is 11.3. The molecule has 3 rings (SSSR count). The van der Waals surface area contributed by atoms with Gasteiger partial charge in [-0.25, -0.2) is 14.4 Å². The molecular formula is C17H15Cl2FN3P. The molecule has 0 saturated carbocycles. The van der Waals surface area contributed by atoms with E-state index in [9.17, 15) is 4.39 Å². The standard InChI is InChI=1S/C17H15Cl2FN3P/c1-8-5-13(24(3)4)21-7-10(8)16-11(20)6-12-17(23-16)15(19)14(18)9(2)22-12/h5-7H,1-4H3. The first-order valence-electron chi connectivity index (χ1n) is 7.25. The summed E-state index contributed by atoms with van der Waals surface area (Å²) in [7, 11) is -0.316. The molecule has 7 heteroatoms. The van der Waals surface area contributed by atoms with Crippen molar-refractivity contribution in [2.75, 3.05) is 13.3 Å². The van der Waals surface area contributed by atoms with E-state index in [1.165, 1.54) is 6.07 Å². The number of halogens is 3. The number of nitrogens with zero attached hydrogens (tertiary/aromatic N) is 3. The van der Waals surface area contributed by atoms with Crippen LogP contribution in [0.5, 0.6) is 0 Å². The molecule has 0 atom stereocenters. The van der Waals surface area contributed by atoms with Crippen LogP contribution in [0.25, 0.3) is 22.3 Å². The SMILES string of the molecule is Cc1cc(P(C)C)ncc1-c1nc2c(Cl)c(Cl)c(C)nc2cc1F. The molecule has 0 aliphatic carbocycles. The minimum atomic E-state index is -0.458. The first kappa shape index (κ1) is 17.5. The largest absolute Gasteiger partial charge is 0.256 e. The lowest BCUT2D eigenvalue weighted by Crippen LogP contribution is -2.07. The third-order valence-corrected chi connectivity index (χ3v) is 5.86.